The van der Waals surface area contributed by atoms with Crippen molar-refractivity contribution in [1.82, 2.24) is 5.32 Å². The summed E-state index contributed by atoms with van der Waals surface area (Å²) in [6, 6.07) is 8.63. The molecule has 0 amide bonds. The molecule has 0 fully saturated rings. The second-order valence-electron chi connectivity index (χ2n) is 4.25. The quantitative estimate of drug-likeness (QED) is 0.811. The van der Waals surface area contributed by atoms with E-state index in [1.807, 2.05) is 19.9 Å². The molecule has 2 N–H and O–H groups in total. The van der Waals surface area contributed by atoms with Gasteiger partial charge in [-0.15, -0.1) is 0 Å². The van der Waals surface area contributed by atoms with Gasteiger partial charge in [-0.3, -0.25) is 4.79 Å². The maximum Gasteiger partial charge on any atom is 0.320 e. The summed E-state index contributed by atoms with van der Waals surface area (Å²) in [4.78, 5) is 11.0. The van der Waals surface area contributed by atoms with Crippen molar-refractivity contribution in [2.24, 2.45) is 5.92 Å². The number of aliphatic carboxylic acids is 1. The topological polar surface area (TPSA) is 73.1 Å². The van der Waals surface area contributed by atoms with Crippen LogP contribution < -0.4 is 5.32 Å². The first-order chi connectivity index (χ1) is 8.04. The first-order valence-electron chi connectivity index (χ1n) is 5.50. The third-order valence-corrected chi connectivity index (χ3v) is 2.51. The fourth-order valence-corrected chi connectivity index (χ4v) is 1.59. The summed E-state index contributed by atoms with van der Waals surface area (Å²) in [5, 5.41) is 20.7. The molecule has 0 aliphatic rings. The van der Waals surface area contributed by atoms with Crippen LogP contribution in [0.25, 0.3) is 0 Å². The predicted molar refractivity (Wildman–Crippen MR) is 64.3 cm³/mol. The fourth-order valence-electron chi connectivity index (χ4n) is 1.59. The average Bonchev–Trinajstić information content (AvgIpc) is 2.28. The molecular formula is C13H16N2O2. The van der Waals surface area contributed by atoms with E-state index in [1.165, 1.54) is 0 Å². The lowest BCUT2D eigenvalue weighted by Gasteiger charge is -2.17. The average molecular weight is 232 g/mol. The number of carboxylic acid groups (broad SMARTS) is 1. The van der Waals surface area contributed by atoms with Gasteiger partial charge in [0.2, 0.25) is 0 Å². The molecule has 0 heterocycles. The van der Waals surface area contributed by atoms with Gasteiger partial charge in [0.15, 0.2) is 0 Å². The van der Waals surface area contributed by atoms with Crippen molar-refractivity contribution in [1.29, 1.82) is 5.26 Å². The third kappa shape index (κ3) is 3.89. The molecule has 4 nitrogen and oxygen atoms in total. The first kappa shape index (κ1) is 13.2. The molecule has 0 bridgehead atoms. The molecule has 0 aliphatic carbocycles. The molecule has 4 heteroatoms. The van der Waals surface area contributed by atoms with E-state index in [-0.39, 0.29) is 5.92 Å². The number of hydrogen-bond donors (Lipinski definition) is 2. The van der Waals surface area contributed by atoms with Crippen LogP contribution in [0.4, 0.5) is 0 Å². The molecule has 0 aromatic heterocycles. The van der Waals surface area contributed by atoms with Crippen molar-refractivity contribution in [3.05, 3.63) is 35.4 Å². The molecule has 0 saturated heterocycles. The Hall–Kier alpha value is -1.86. The lowest BCUT2D eigenvalue weighted by Crippen LogP contribution is -2.40. The van der Waals surface area contributed by atoms with Crippen LogP contribution in [-0.4, -0.2) is 17.1 Å². The molecule has 1 atom stereocenters. The smallest absolute Gasteiger partial charge is 0.320 e. The van der Waals surface area contributed by atoms with E-state index < -0.39 is 12.0 Å². The van der Waals surface area contributed by atoms with Crippen LogP contribution in [-0.2, 0) is 11.3 Å². The van der Waals surface area contributed by atoms with E-state index in [2.05, 4.69) is 11.4 Å². The Morgan fingerprint density at radius 1 is 1.53 bits per heavy atom. The number of carbonyl (C=O) groups is 1. The second-order valence-corrected chi connectivity index (χ2v) is 4.25. The Bertz CT molecular complexity index is 435. The zero-order chi connectivity index (χ0) is 12.8. The molecule has 1 aromatic carbocycles. The summed E-state index contributed by atoms with van der Waals surface area (Å²) < 4.78 is 0. The number of hydrogen-bond acceptors (Lipinski definition) is 3. The molecule has 0 radical (unpaired) electrons. The minimum absolute atomic E-state index is 0.0200. The molecular weight excluding hydrogens is 216 g/mol. The number of rotatable bonds is 5. The minimum atomic E-state index is -0.851. The monoisotopic (exact) mass is 232 g/mol. The van der Waals surface area contributed by atoms with Gasteiger partial charge < -0.3 is 10.4 Å². The van der Waals surface area contributed by atoms with E-state index in [1.54, 1.807) is 18.2 Å². The van der Waals surface area contributed by atoms with Gasteiger partial charge in [-0.05, 0) is 23.6 Å². The summed E-state index contributed by atoms with van der Waals surface area (Å²) in [6.45, 7) is 4.17. The molecule has 0 spiro atoms. The van der Waals surface area contributed by atoms with Crippen molar-refractivity contribution in [3.8, 4) is 6.07 Å². The lowest BCUT2D eigenvalue weighted by molar-refractivity contribution is -0.140. The van der Waals surface area contributed by atoms with Crippen LogP contribution in [0.1, 0.15) is 25.0 Å². The number of nitrogens with zero attached hydrogens (tertiary/aromatic N) is 1. The highest BCUT2D eigenvalue weighted by atomic mass is 16.4. The Labute approximate surface area is 101 Å². The molecule has 1 rings (SSSR count). The standard InChI is InChI=1S/C13H16N2O2/c1-9(2)12(13(16)17)15-8-11-5-3-4-10(6-11)7-14/h3-6,9,12,15H,8H2,1-2H3,(H,16,17). The van der Waals surface area contributed by atoms with Gasteiger partial charge in [0.05, 0.1) is 11.6 Å². The van der Waals surface area contributed by atoms with Crippen LogP contribution in [0.2, 0.25) is 0 Å². The van der Waals surface area contributed by atoms with Crippen molar-refractivity contribution in [2.45, 2.75) is 26.4 Å². The summed E-state index contributed by atoms with van der Waals surface area (Å²) in [5.74, 6) is -0.830. The van der Waals surface area contributed by atoms with Crippen molar-refractivity contribution < 1.29 is 9.90 Å². The highest BCUT2D eigenvalue weighted by molar-refractivity contribution is 5.73. The summed E-state index contributed by atoms with van der Waals surface area (Å²) in [5.41, 5.74) is 1.50. The van der Waals surface area contributed by atoms with Crippen LogP contribution in [0.5, 0.6) is 0 Å². The van der Waals surface area contributed by atoms with Crippen molar-refractivity contribution >= 4 is 5.97 Å². The molecule has 17 heavy (non-hydrogen) atoms. The maximum absolute atomic E-state index is 11.0. The lowest BCUT2D eigenvalue weighted by atomic mass is 10.0. The van der Waals surface area contributed by atoms with Crippen LogP contribution >= 0.6 is 0 Å². The summed E-state index contributed by atoms with van der Waals surface area (Å²) in [6.07, 6.45) is 0. The first-order valence-corrected chi connectivity index (χ1v) is 5.50. The van der Waals surface area contributed by atoms with Gasteiger partial charge in [0.25, 0.3) is 0 Å². The van der Waals surface area contributed by atoms with Gasteiger partial charge >= 0.3 is 5.97 Å². The number of carboxylic acids is 1. The molecule has 0 aliphatic heterocycles. The SMILES string of the molecule is CC(C)C(NCc1cccc(C#N)c1)C(=O)O. The Morgan fingerprint density at radius 3 is 2.76 bits per heavy atom. The molecule has 0 saturated carbocycles. The Morgan fingerprint density at radius 2 is 2.24 bits per heavy atom. The maximum atomic E-state index is 11.0. The summed E-state index contributed by atoms with van der Waals surface area (Å²) >= 11 is 0. The van der Waals surface area contributed by atoms with E-state index in [9.17, 15) is 4.79 Å². The number of nitriles is 1. The third-order valence-electron chi connectivity index (χ3n) is 2.51. The Balaban J connectivity index is 2.66. The second kappa shape index (κ2) is 6.02. The zero-order valence-corrected chi connectivity index (χ0v) is 9.97. The van der Waals surface area contributed by atoms with Crippen LogP contribution in [0.3, 0.4) is 0 Å². The predicted octanol–water partition coefficient (Wildman–Crippen LogP) is 1.76. The highest BCUT2D eigenvalue weighted by Gasteiger charge is 2.20. The van der Waals surface area contributed by atoms with E-state index >= 15 is 0 Å². The van der Waals surface area contributed by atoms with Gasteiger partial charge in [-0.2, -0.15) is 5.26 Å². The largest absolute Gasteiger partial charge is 0.480 e. The van der Waals surface area contributed by atoms with Crippen LogP contribution in [0.15, 0.2) is 24.3 Å². The van der Waals surface area contributed by atoms with Crippen LogP contribution in [0, 0.1) is 17.2 Å². The molecule has 1 aromatic rings. The normalized spacial score (nSPS) is 12.1. The zero-order valence-electron chi connectivity index (χ0n) is 9.97. The molecule has 1 unspecified atom stereocenters. The van der Waals surface area contributed by atoms with Gasteiger partial charge in [0, 0.05) is 6.54 Å². The van der Waals surface area contributed by atoms with E-state index in [0.717, 1.165) is 5.56 Å². The summed E-state index contributed by atoms with van der Waals surface area (Å²) in [7, 11) is 0. The molecule has 90 valence electrons. The highest BCUT2D eigenvalue weighted by Crippen LogP contribution is 2.07. The fraction of sp³-hybridized carbons (Fsp3) is 0.385. The van der Waals surface area contributed by atoms with Gasteiger partial charge in [-0.25, -0.2) is 0 Å². The van der Waals surface area contributed by atoms with Gasteiger partial charge in [0.1, 0.15) is 6.04 Å². The van der Waals surface area contributed by atoms with E-state index in [0.29, 0.717) is 12.1 Å². The number of nitrogens with one attached hydrogen (secondary N) is 1. The number of benzene rings is 1. The van der Waals surface area contributed by atoms with Crippen molar-refractivity contribution in [3.63, 3.8) is 0 Å². The van der Waals surface area contributed by atoms with Crippen molar-refractivity contribution in [2.75, 3.05) is 0 Å². The van der Waals surface area contributed by atoms with E-state index in [4.69, 9.17) is 10.4 Å². The van der Waals surface area contributed by atoms with Gasteiger partial charge in [-0.1, -0.05) is 26.0 Å². The minimum Gasteiger partial charge on any atom is -0.480 e. The Kier molecular flexibility index (Phi) is 4.68.